The van der Waals surface area contributed by atoms with E-state index >= 15 is 0 Å². The van der Waals surface area contributed by atoms with Gasteiger partial charge in [0.15, 0.2) is 0 Å². The van der Waals surface area contributed by atoms with Crippen molar-refractivity contribution in [3.8, 4) is 11.8 Å². The van der Waals surface area contributed by atoms with Crippen LogP contribution >= 0.6 is 11.3 Å². The van der Waals surface area contributed by atoms with Crippen molar-refractivity contribution < 1.29 is 9.84 Å². The Balaban J connectivity index is 2.11. The number of hydrogen-bond acceptors (Lipinski definition) is 4. The third kappa shape index (κ3) is 3.12. The van der Waals surface area contributed by atoms with E-state index in [9.17, 15) is 0 Å². The van der Waals surface area contributed by atoms with Crippen LogP contribution in [0.4, 0.5) is 0 Å². The molecule has 1 saturated heterocycles. The van der Waals surface area contributed by atoms with Crippen molar-refractivity contribution >= 4 is 11.3 Å². The molecule has 0 amide bonds. The SMILES string of the molecule is CC1(C)COCCN1Cc1sccc1C#CCO. The summed E-state index contributed by atoms with van der Waals surface area (Å²) in [5.41, 5.74) is 1.11. The second-order valence-corrected chi connectivity index (χ2v) is 6.00. The first kappa shape index (κ1) is 13.6. The van der Waals surface area contributed by atoms with Crippen LogP contribution in [0.25, 0.3) is 0 Å². The molecule has 2 heterocycles. The molecule has 0 aliphatic carbocycles. The topological polar surface area (TPSA) is 32.7 Å². The zero-order chi connectivity index (χ0) is 13.0. The van der Waals surface area contributed by atoms with E-state index in [-0.39, 0.29) is 12.1 Å². The maximum absolute atomic E-state index is 8.76. The van der Waals surface area contributed by atoms with Gasteiger partial charge in [0.1, 0.15) is 6.61 Å². The Hall–Kier alpha value is -0.860. The molecule has 18 heavy (non-hydrogen) atoms. The first-order chi connectivity index (χ1) is 8.63. The highest BCUT2D eigenvalue weighted by Gasteiger charge is 2.30. The van der Waals surface area contributed by atoms with Crippen LogP contribution in [0.1, 0.15) is 24.3 Å². The van der Waals surface area contributed by atoms with Crippen molar-refractivity contribution in [2.24, 2.45) is 0 Å². The molecule has 2 rings (SSSR count). The van der Waals surface area contributed by atoms with Crippen LogP contribution in [0.15, 0.2) is 11.4 Å². The number of hydrogen-bond donors (Lipinski definition) is 1. The van der Waals surface area contributed by atoms with Gasteiger partial charge in [-0.1, -0.05) is 11.8 Å². The van der Waals surface area contributed by atoms with E-state index in [0.717, 1.165) is 31.9 Å². The van der Waals surface area contributed by atoms with Crippen LogP contribution in [-0.4, -0.2) is 41.9 Å². The lowest BCUT2D eigenvalue weighted by Gasteiger charge is -2.42. The van der Waals surface area contributed by atoms with Crippen molar-refractivity contribution in [1.29, 1.82) is 0 Å². The summed E-state index contributed by atoms with van der Waals surface area (Å²) in [7, 11) is 0. The quantitative estimate of drug-likeness (QED) is 0.826. The monoisotopic (exact) mass is 265 g/mol. The van der Waals surface area contributed by atoms with Crippen LogP contribution in [0, 0.1) is 11.8 Å². The maximum Gasteiger partial charge on any atom is 0.104 e. The summed E-state index contributed by atoms with van der Waals surface area (Å²) in [6.45, 7) is 7.76. The molecule has 3 nitrogen and oxygen atoms in total. The highest BCUT2D eigenvalue weighted by atomic mass is 32.1. The summed E-state index contributed by atoms with van der Waals surface area (Å²) in [5, 5.41) is 10.8. The minimum Gasteiger partial charge on any atom is -0.384 e. The molecule has 1 aromatic rings. The van der Waals surface area contributed by atoms with Crippen LogP contribution < -0.4 is 0 Å². The summed E-state index contributed by atoms with van der Waals surface area (Å²) in [4.78, 5) is 3.71. The maximum atomic E-state index is 8.76. The highest BCUT2D eigenvalue weighted by Crippen LogP contribution is 2.25. The van der Waals surface area contributed by atoms with Gasteiger partial charge in [-0.25, -0.2) is 0 Å². The minimum absolute atomic E-state index is 0.0733. The zero-order valence-electron chi connectivity index (χ0n) is 10.9. The molecule has 0 atom stereocenters. The normalized spacial score (nSPS) is 19.3. The number of rotatable bonds is 2. The van der Waals surface area contributed by atoms with Gasteiger partial charge < -0.3 is 9.84 Å². The summed E-state index contributed by atoms with van der Waals surface area (Å²) in [5.74, 6) is 5.73. The molecule has 0 bridgehead atoms. The Morgan fingerprint density at radius 3 is 3.11 bits per heavy atom. The van der Waals surface area contributed by atoms with Crippen molar-refractivity contribution in [2.45, 2.75) is 25.9 Å². The molecule has 0 unspecified atom stereocenters. The highest BCUT2D eigenvalue weighted by molar-refractivity contribution is 7.10. The van der Waals surface area contributed by atoms with Crippen molar-refractivity contribution in [3.63, 3.8) is 0 Å². The molecule has 1 fully saturated rings. The molecule has 0 saturated carbocycles. The zero-order valence-corrected chi connectivity index (χ0v) is 11.7. The molecule has 98 valence electrons. The fourth-order valence-electron chi connectivity index (χ4n) is 2.07. The van der Waals surface area contributed by atoms with Crippen molar-refractivity contribution in [3.05, 3.63) is 21.9 Å². The average Bonchev–Trinajstić information content (AvgIpc) is 2.76. The van der Waals surface area contributed by atoms with Gasteiger partial charge in [-0.05, 0) is 25.3 Å². The lowest BCUT2D eigenvalue weighted by Crippen LogP contribution is -2.52. The number of ether oxygens (including phenoxy) is 1. The van der Waals surface area contributed by atoms with Crippen molar-refractivity contribution in [1.82, 2.24) is 4.90 Å². The van der Waals surface area contributed by atoms with Crippen LogP contribution in [0.5, 0.6) is 0 Å². The third-order valence-corrected chi connectivity index (χ3v) is 4.10. The van der Waals surface area contributed by atoms with Gasteiger partial charge in [-0.15, -0.1) is 11.3 Å². The second-order valence-electron chi connectivity index (χ2n) is 5.00. The summed E-state index contributed by atoms with van der Waals surface area (Å²) in [6.07, 6.45) is 0. The Morgan fingerprint density at radius 1 is 1.56 bits per heavy atom. The number of thiophene rings is 1. The third-order valence-electron chi connectivity index (χ3n) is 3.20. The number of nitrogens with zero attached hydrogens (tertiary/aromatic N) is 1. The van der Waals surface area contributed by atoms with Crippen LogP contribution in [-0.2, 0) is 11.3 Å². The van der Waals surface area contributed by atoms with E-state index in [4.69, 9.17) is 9.84 Å². The van der Waals surface area contributed by atoms with Crippen LogP contribution in [0.2, 0.25) is 0 Å². The molecule has 1 aromatic heterocycles. The molecule has 0 radical (unpaired) electrons. The lowest BCUT2D eigenvalue weighted by molar-refractivity contribution is -0.0548. The fourth-order valence-corrected chi connectivity index (χ4v) is 2.91. The largest absolute Gasteiger partial charge is 0.384 e. The average molecular weight is 265 g/mol. The minimum atomic E-state index is -0.0850. The summed E-state index contributed by atoms with van der Waals surface area (Å²) < 4.78 is 5.53. The number of aliphatic hydroxyl groups is 1. The fraction of sp³-hybridized carbons (Fsp3) is 0.571. The van der Waals surface area contributed by atoms with Crippen LogP contribution in [0.3, 0.4) is 0 Å². The Bertz CT molecular complexity index is 456. The lowest BCUT2D eigenvalue weighted by atomic mass is 10.0. The van der Waals surface area contributed by atoms with Gasteiger partial charge in [-0.3, -0.25) is 4.90 Å². The first-order valence-electron chi connectivity index (χ1n) is 6.12. The van der Waals surface area contributed by atoms with E-state index < -0.39 is 0 Å². The Morgan fingerprint density at radius 2 is 2.39 bits per heavy atom. The van der Waals surface area contributed by atoms with Crippen molar-refractivity contribution in [2.75, 3.05) is 26.4 Å². The predicted molar refractivity (Wildman–Crippen MR) is 73.6 cm³/mol. The Labute approximate surface area is 112 Å². The summed E-state index contributed by atoms with van der Waals surface area (Å²) >= 11 is 1.73. The number of morpholine rings is 1. The van der Waals surface area contributed by atoms with Gasteiger partial charge in [-0.2, -0.15) is 0 Å². The molecule has 0 spiro atoms. The first-order valence-corrected chi connectivity index (χ1v) is 7.00. The second kappa shape index (κ2) is 5.85. The van der Waals surface area contributed by atoms with Gasteiger partial charge >= 0.3 is 0 Å². The van der Waals surface area contributed by atoms with E-state index in [1.165, 1.54) is 4.88 Å². The molecular formula is C14H19NO2S. The predicted octanol–water partition coefficient (Wildman–Crippen LogP) is 1.70. The molecule has 4 heteroatoms. The number of aliphatic hydroxyl groups excluding tert-OH is 1. The van der Waals surface area contributed by atoms with Gasteiger partial charge in [0.25, 0.3) is 0 Å². The molecule has 1 aliphatic heterocycles. The molecule has 0 aromatic carbocycles. The van der Waals surface area contributed by atoms with Gasteiger partial charge in [0, 0.05) is 29.1 Å². The molecule has 1 aliphatic rings. The van der Waals surface area contributed by atoms with E-state index in [1.54, 1.807) is 11.3 Å². The van der Waals surface area contributed by atoms with Gasteiger partial charge in [0.05, 0.1) is 13.2 Å². The standard InChI is InChI=1S/C14H19NO2S/c1-14(2)11-17-8-6-15(14)10-13-12(4-3-7-16)5-9-18-13/h5,9,16H,6-8,10-11H2,1-2H3. The summed E-state index contributed by atoms with van der Waals surface area (Å²) in [6, 6.07) is 2.02. The Kier molecular flexibility index (Phi) is 4.41. The van der Waals surface area contributed by atoms with Gasteiger partial charge in [0.2, 0.25) is 0 Å². The van der Waals surface area contributed by atoms with E-state index in [1.807, 2.05) is 6.07 Å². The van der Waals surface area contributed by atoms with E-state index in [0.29, 0.717) is 0 Å². The smallest absolute Gasteiger partial charge is 0.104 e. The molecule has 1 N–H and O–H groups in total. The molecular weight excluding hydrogens is 246 g/mol. The van der Waals surface area contributed by atoms with E-state index in [2.05, 4.69) is 36.0 Å².